The number of alkyl carbamates (subject to hydrolysis) is 1. The molecule has 6 N–H and O–H groups in total. The number of imidazole rings is 1. The summed E-state index contributed by atoms with van der Waals surface area (Å²) in [5.74, 6) is -1.30. The van der Waals surface area contributed by atoms with Gasteiger partial charge >= 0.3 is 12.1 Å². The van der Waals surface area contributed by atoms with Crippen molar-refractivity contribution in [2.75, 3.05) is 0 Å². The zero-order valence-corrected chi connectivity index (χ0v) is 16.4. The summed E-state index contributed by atoms with van der Waals surface area (Å²) in [4.78, 5) is 27.4. The third-order valence-corrected chi connectivity index (χ3v) is 3.79. The second kappa shape index (κ2) is 9.17. The summed E-state index contributed by atoms with van der Waals surface area (Å²) in [7, 11) is 0. The number of benzene rings is 1. The molecule has 1 heterocycles. The van der Waals surface area contributed by atoms with Crippen LogP contribution in [0.5, 0.6) is 0 Å². The van der Waals surface area contributed by atoms with Gasteiger partial charge in [-0.3, -0.25) is 0 Å². The quantitative estimate of drug-likeness (QED) is 0.308. The Balaban J connectivity index is 2.23. The van der Waals surface area contributed by atoms with Crippen molar-refractivity contribution < 1.29 is 40.3 Å². The van der Waals surface area contributed by atoms with Crippen molar-refractivity contribution in [2.45, 2.75) is 38.8 Å². The molecule has 1 aromatic heterocycles. The molecule has 1 amide bonds. The van der Waals surface area contributed by atoms with Crippen LogP contribution >= 0.6 is 0 Å². The molecule has 0 saturated heterocycles. The average molecular weight is 425 g/mol. The summed E-state index contributed by atoms with van der Waals surface area (Å²) >= 11 is 0. The lowest BCUT2D eigenvalue weighted by Gasteiger charge is -2.21. The molecular weight excluding hydrogens is 402 g/mol. The number of carboxylic acids is 1. The van der Waals surface area contributed by atoms with Crippen LogP contribution < -0.4 is 15.8 Å². The maximum Gasteiger partial charge on any atom is 0.408 e. The Morgan fingerprint density at radius 1 is 1.27 bits per heavy atom. The number of aromatic nitrogens is 2. The van der Waals surface area contributed by atoms with Gasteiger partial charge in [-0.15, -0.1) is 0 Å². The molecule has 0 aliphatic carbocycles. The molecule has 30 heavy (non-hydrogen) atoms. The highest BCUT2D eigenvalue weighted by Crippen LogP contribution is 2.20. The van der Waals surface area contributed by atoms with Crippen molar-refractivity contribution >= 4 is 23.4 Å². The van der Waals surface area contributed by atoms with Crippen molar-refractivity contribution in [2.24, 2.45) is 0 Å². The van der Waals surface area contributed by atoms with Gasteiger partial charge in [-0.2, -0.15) is 10.5 Å². The van der Waals surface area contributed by atoms with E-state index in [2.05, 4.69) is 10.3 Å². The average Bonchev–Trinajstić information content (AvgIpc) is 3.07. The van der Waals surface area contributed by atoms with Gasteiger partial charge in [0.1, 0.15) is 17.3 Å². The number of amides is 1. The highest BCUT2D eigenvalue weighted by Gasteiger charge is 2.25. The number of hydrogen-bond donors (Lipinski definition) is 6. The van der Waals surface area contributed by atoms with E-state index in [4.69, 9.17) is 9.94 Å². The normalized spacial score (nSPS) is 14.6. The summed E-state index contributed by atoms with van der Waals surface area (Å²) < 4.78 is 6.38. The summed E-state index contributed by atoms with van der Waals surface area (Å²) in [6, 6.07) is 2.25. The maximum absolute atomic E-state index is 11.9. The van der Waals surface area contributed by atoms with Gasteiger partial charge in [0.05, 0.1) is 18.1 Å². The summed E-state index contributed by atoms with van der Waals surface area (Å²) in [6.45, 7) is 4.92. The molecule has 0 radical (unpaired) electrons. The fourth-order valence-electron chi connectivity index (χ4n) is 2.53. The van der Waals surface area contributed by atoms with Crippen LogP contribution in [0.2, 0.25) is 0 Å². The minimum Gasteiger partial charge on any atom is -0.595 e. The molecular formula is C17H23N5O8. The highest BCUT2D eigenvalue weighted by atomic mass is 16.8. The van der Waals surface area contributed by atoms with Crippen LogP contribution in [0, 0.1) is 10.4 Å². The molecule has 2 rings (SSSR count). The number of carbonyl (C=O) groups excluding carboxylic acids is 1. The highest BCUT2D eigenvalue weighted by molar-refractivity contribution is 5.80. The van der Waals surface area contributed by atoms with Gasteiger partial charge in [-0.25, -0.2) is 25.0 Å². The maximum atomic E-state index is 11.9. The number of hydrogen-bond acceptors (Lipinski definition) is 8. The Bertz CT molecular complexity index is 906. The second-order valence-corrected chi connectivity index (χ2v) is 7.36. The van der Waals surface area contributed by atoms with Gasteiger partial charge in [0.15, 0.2) is 11.4 Å². The largest absolute Gasteiger partial charge is 0.595 e. The first-order valence-corrected chi connectivity index (χ1v) is 8.73. The molecule has 0 bridgehead atoms. The zero-order valence-electron chi connectivity index (χ0n) is 16.4. The van der Waals surface area contributed by atoms with Crippen LogP contribution in [-0.4, -0.2) is 48.8 Å². The van der Waals surface area contributed by atoms with Crippen molar-refractivity contribution in [3.8, 4) is 5.69 Å². The van der Waals surface area contributed by atoms with E-state index in [-0.39, 0.29) is 29.2 Å². The smallest absolute Gasteiger partial charge is 0.408 e. The van der Waals surface area contributed by atoms with Gasteiger partial charge in [0.25, 0.3) is 0 Å². The predicted octanol–water partition coefficient (Wildman–Crippen LogP) is -0.800. The lowest BCUT2D eigenvalue weighted by atomic mass is 10.1. The second-order valence-electron chi connectivity index (χ2n) is 7.36. The van der Waals surface area contributed by atoms with Gasteiger partial charge < -0.3 is 30.1 Å². The number of carboxylic acid groups (broad SMARTS) is 1. The number of nitrogens with one attached hydrogen (secondary N) is 3. The summed E-state index contributed by atoms with van der Waals surface area (Å²) in [5, 5.41) is 50.0. The van der Waals surface area contributed by atoms with Gasteiger partial charge in [0.2, 0.25) is 0 Å². The molecule has 13 heteroatoms. The fraction of sp³-hybridized carbons (Fsp3) is 0.353. The minimum atomic E-state index is -1.33. The van der Waals surface area contributed by atoms with Gasteiger partial charge in [0, 0.05) is 18.7 Å². The van der Waals surface area contributed by atoms with Crippen LogP contribution in [0.25, 0.3) is 5.69 Å². The van der Waals surface area contributed by atoms with E-state index >= 15 is 0 Å². The molecule has 0 aliphatic rings. The zero-order chi connectivity index (χ0) is 22.6. The Morgan fingerprint density at radius 2 is 1.93 bits per heavy atom. The first-order valence-electron chi connectivity index (χ1n) is 8.73. The van der Waals surface area contributed by atoms with Crippen LogP contribution in [0.15, 0.2) is 30.7 Å². The molecule has 0 saturated carbocycles. The Kier molecular flexibility index (Phi) is 7.09. The van der Waals surface area contributed by atoms with Gasteiger partial charge in [-0.05, 0) is 26.8 Å². The minimum absolute atomic E-state index is 0.151. The molecule has 1 aromatic carbocycles. The lowest BCUT2D eigenvalue weighted by Crippen LogP contribution is -3.01. The number of nitrogens with zero attached hydrogens (tertiary/aromatic N) is 2. The molecule has 2 unspecified atom stereocenters. The van der Waals surface area contributed by atoms with Crippen LogP contribution in [0.1, 0.15) is 26.5 Å². The van der Waals surface area contributed by atoms with E-state index in [0.717, 1.165) is 6.07 Å². The standard InChI is InChI=1S/C17H23N5O8/c1-17(2,3)30-16(25)19-12(15(23)24)6-10-8-20(9-18-10)13-5-4-11(21(26)27)7-14(13)22(28)29/h4-5,7-9,12,21-22,26,28H,6H2,1-3H3,(H,19,25)(H,23,24)/t12-/m0/s1. The van der Waals surface area contributed by atoms with Crippen LogP contribution in [-0.2, 0) is 16.0 Å². The molecule has 2 aromatic rings. The predicted molar refractivity (Wildman–Crippen MR) is 99.6 cm³/mol. The van der Waals surface area contributed by atoms with E-state index in [0.29, 0.717) is 0 Å². The van der Waals surface area contributed by atoms with E-state index < -0.39 is 34.2 Å². The Morgan fingerprint density at radius 3 is 2.47 bits per heavy atom. The van der Waals surface area contributed by atoms with E-state index in [1.54, 1.807) is 20.8 Å². The number of aliphatic carboxylic acids is 1. The van der Waals surface area contributed by atoms with E-state index in [9.17, 15) is 30.3 Å². The Hall–Kier alpha value is -3.07. The van der Waals surface area contributed by atoms with Crippen molar-refractivity contribution in [3.05, 3.63) is 46.8 Å². The summed E-state index contributed by atoms with van der Waals surface area (Å²) in [5.41, 5.74) is -0.843. The van der Waals surface area contributed by atoms with Gasteiger partial charge in [-0.1, -0.05) is 0 Å². The molecule has 0 fully saturated rings. The summed E-state index contributed by atoms with van der Waals surface area (Å²) in [6.07, 6.45) is 1.59. The van der Waals surface area contributed by atoms with Crippen molar-refractivity contribution in [3.63, 3.8) is 0 Å². The topological polar surface area (TPSA) is 189 Å². The van der Waals surface area contributed by atoms with Crippen molar-refractivity contribution in [1.29, 1.82) is 0 Å². The monoisotopic (exact) mass is 425 g/mol. The Labute approximate surface area is 170 Å². The van der Waals surface area contributed by atoms with Crippen LogP contribution in [0.3, 0.4) is 0 Å². The van der Waals surface area contributed by atoms with E-state index in [1.807, 2.05) is 0 Å². The number of rotatable bonds is 7. The SMILES string of the molecule is CC(C)(C)OC(=O)N[C@@H](Cc1cn(-c2ccc([NH+]([O-])O)cc2[NH+]([O-])O)cn1)C(=O)O. The molecule has 164 valence electrons. The first kappa shape index (κ1) is 23.2. The molecule has 3 atom stereocenters. The molecule has 13 nitrogen and oxygen atoms in total. The first-order chi connectivity index (χ1) is 13.9. The third-order valence-electron chi connectivity index (χ3n) is 3.79. The fourth-order valence-corrected chi connectivity index (χ4v) is 2.53. The van der Waals surface area contributed by atoms with Crippen LogP contribution in [0.4, 0.5) is 16.2 Å². The third kappa shape index (κ3) is 6.21. The number of ether oxygens (including phenoxy) is 1. The van der Waals surface area contributed by atoms with E-state index in [1.165, 1.54) is 29.2 Å². The molecule has 0 spiro atoms. The molecule has 0 aliphatic heterocycles. The number of quaternary nitrogens is 2. The lowest BCUT2D eigenvalue weighted by molar-refractivity contribution is -0.996. The van der Waals surface area contributed by atoms with Crippen molar-refractivity contribution in [1.82, 2.24) is 14.9 Å². The number of carbonyl (C=O) groups is 2.